The molecule has 0 fully saturated rings. The number of methoxy groups -OCH3 is 1. The van der Waals surface area contributed by atoms with Crippen molar-refractivity contribution in [3.05, 3.63) is 106 Å². The largest absolute Gasteiger partial charge is 0.497 e. The number of ether oxygens (including phenoxy) is 1. The van der Waals surface area contributed by atoms with Gasteiger partial charge in [-0.05, 0) is 35.2 Å². The second kappa shape index (κ2) is 8.96. The average molecular weight is 362 g/mol. The molecule has 0 bridgehead atoms. The highest BCUT2D eigenvalue weighted by atomic mass is 16.6. The first-order valence-corrected chi connectivity index (χ1v) is 8.83. The van der Waals surface area contributed by atoms with Gasteiger partial charge in [0, 0.05) is 18.7 Å². The van der Waals surface area contributed by atoms with Crippen LogP contribution in [0.15, 0.2) is 78.9 Å². The second-order valence-electron chi connectivity index (χ2n) is 6.25. The van der Waals surface area contributed by atoms with Gasteiger partial charge in [0.1, 0.15) is 5.75 Å². The van der Waals surface area contributed by atoms with Crippen LogP contribution in [-0.2, 0) is 6.42 Å². The Morgan fingerprint density at radius 1 is 0.963 bits per heavy atom. The lowest BCUT2D eigenvalue weighted by molar-refractivity contribution is -0.384. The monoisotopic (exact) mass is 362 g/mol. The molecule has 3 aromatic rings. The molecule has 1 atom stereocenters. The highest BCUT2D eigenvalue weighted by molar-refractivity contribution is 5.41. The maximum absolute atomic E-state index is 11.2. The average Bonchev–Trinajstić information content (AvgIpc) is 2.72. The summed E-state index contributed by atoms with van der Waals surface area (Å²) in [7, 11) is 1.63. The van der Waals surface area contributed by atoms with E-state index in [4.69, 9.17) is 4.74 Å². The minimum Gasteiger partial charge on any atom is -0.497 e. The molecule has 1 unspecified atom stereocenters. The van der Waals surface area contributed by atoms with Crippen LogP contribution in [0.5, 0.6) is 5.75 Å². The van der Waals surface area contributed by atoms with Crippen LogP contribution in [0.3, 0.4) is 0 Å². The number of nitro benzene ring substituents is 1. The van der Waals surface area contributed by atoms with Gasteiger partial charge in [-0.15, -0.1) is 0 Å². The fraction of sp³-hybridized carbons (Fsp3) is 0.182. The van der Waals surface area contributed by atoms with E-state index >= 15 is 0 Å². The van der Waals surface area contributed by atoms with E-state index in [0.29, 0.717) is 0 Å². The Hall–Kier alpha value is -3.18. The molecular formula is C22H22N2O3. The Morgan fingerprint density at radius 2 is 1.70 bits per heavy atom. The first-order chi connectivity index (χ1) is 13.2. The van der Waals surface area contributed by atoms with Crippen LogP contribution in [0.1, 0.15) is 22.7 Å². The van der Waals surface area contributed by atoms with Crippen LogP contribution in [0, 0.1) is 10.1 Å². The van der Waals surface area contributed by atoms with E-state index in [-0.39, 0.29) is 16.7 Å². The van der Waals surface area contributed by atoms with Crippen LogP contribution in [0.2, 0.25) is 0 Å². The molecule has 0 amide bonds. The minimum absolute atomic E-state index is 0.0934. The first kappa shape index (κ1) is 18.6. The summed E-state index contributed by atoms with van der Waals surface area (Å²) in [5.41, 5.74) is 3.24. The van der Waals surface area contributed by atoms with Gasteiger partial charge in [-0.2, -0.15) is 0 Å². The molecule has 0 aliphatic rings. The van der Waals surface area contributed by atoms with Crippen molar-refractivity contribution in [3.63, 3.8) is 0 Å². The van der Waals surface area contributed by atoms with E-state index < -0.39 is 0 Å². The van der Waals surface area contributed by atoms with Gasteiger partial charge in [-0.1, -0.05) is 54.6 Å². The van der Waals surface area contributed by atoms with Crippen molar-refractivity contribution in [2.75, 3.05) is 13.7 Å². The van der Waals surface area contributed by atoms with Crippen molar-refractivity contribution in [1.29, 1.82) is 0 Å². The molecule has 0 spiro atoms. The zero-order valence-corrected chi connectivity index (χ0v) is 15.2. The highest BCUT2D eigenvalue weighted by Crippen LogP contribution is 2.26. The van der Waals surface area contributed by atoms with Gasteiger partial charge in [-0.25, -0.2) is 0 Å². The number of non-ortho nitro benzene ring substituents is 1. The fourth-order valence-corrected chi connectivity index (χ4v) is 3.05. The summed E-state index contributed by atoms with van der Waals surface area (Å²) in [4.78, 5) is 10.8. The first-order valence-electron chi connectivity index (χ1n) is 8.83. The summed E-state index contributed by atoms with van der Waals surface area (Å²) >= 11 is 0. The molecule has 0 radical (unpaired) electrons. The topological polar surface area (TPSA) is 64.4 Å². The second-order valence-corrected chi connectivity index (χ2v) is 6.25. The normalized spacial score (nSPS) is 11.7. The highest BCUT2D eigenvalue weighted by Gasteiger charge is 2.16. The summed E-state index contributed by atoms with van der Waals surface area (Å²) in [5, 5.41) is 14.7. The summed E-state index contributed by atoms with van der Waals surface area (Å²) < 4.78 is 5.23. The van der Waals surface area contributed by atoms with Crippen molar-refractivity contribution in [2.24, 2.45) is 0 Å². The van der Waals surface area contributed by atoms with Gasteiger partial charge < -0.3 is 10.1 Å². The maximum atomic E-state index is 11.2. The predicted octanol–water partition coefficient (Wildman–Crippen LogP) is 4.53. The molecule has 0 saturated heterocycles. The Morgan fingerprint density at radius 3 is 2.37 bits per heavy atom. The minimum atomic E-state index is -0.363. The smallest absolute Gasteiger partial charge is 0.269 e. The Balaban J connectivity index is 1.83. The molecule has 0 aliphatic heterocycles. The molecule has 0 aliphatic carbocycles. The molecule has 5 heteroatoms. The van der Waals surface area contributed by atoms with Crippen LogP contribution >= 0.6 is 0 Å². The summed E-state index contributed by atoms with van der Waals surface area (Å²) in [6.45, 7) is 0.753. The molecule has 3 aromatic carbocycles. The molecule has 3 rings (SSSR count). The van der Waals surface area contributed by atoms with Crippen molar-refractivity contribution in [1.82, 2.24) is 5.32 Å². The van der Waals surface area contributed by atoms with Gasteiger partial charge in [0.2, 0.25) is 0 Å². The Labute approximate surface area is 158 Å². The molecule has 0 saturated carbocycles. The number of hydrogen-bond donors (Lipinski definition) is 1. The van der Waals surface area contributed by atoms with E-state index in [9.17, 15) is 10.1 Å². The van der Waals surface area contributed by atoms with Gasteiger partial charge in [0.15, 0.2) is 0 Å². The van der Waals surface area contributed by atoms with E-state index in [1.165, 1.54) is 11.6 Å². The van der Waals surface area contributed by atoms with Crippen LogP contribution < -0.4 is 10.1 Å². The Bertz CT molecular complexity index is 880. The Kier molecular flexibility index (Phi) is 6.18. The molecule has 5 nitrogen and oxygen atoms in total. The standard InChI is InChI=1S/C22H22N2O3/c1-27-21-12-10-18(11-13-21)22(19-8-5-9-20(16-19)24(25)26)23-15-14-17-6-3-2-4-7-17/h2-13,16,22-23H,14-15H2,1H3. The summed E-state index contributed by atoms with van der Waals surface area (Å²) in [5.74, 6) is 0.779. The van der Waals surface area contributed by atoms with Crippen molar-refractivity contribution < 1.29 is 9.66 Å². The lowest BCUT2D eigenvalue weighted by Gasteiger charge is -2.20. The third-order valence-electron chi connectivity index (χ3n) is 4.47. The van der Waals surface area contributed by atoms with Crippen molar-refractivity contribution >= 4 is 5.69 Å². The van der Waals surface area contributed by atoms with Crippen molar-refractivity contribution in [3.8, 4) is 5.75 Å². The lowest BCUT2D eigenvalue weighted by atomic mass is 9.97. The van der Waals surface area contributed by atoms with Crippen LogP contribution in [-0.4, -0.2) is 18.6 Å². The molecule has 0 heterocycles. The molecule has 27 heavy (non-hydrogen) atoms. The maximum Gasteiger partial charge on any atom is 0.269 e. The number of hydrogen-bond acceptors (Lipinski definition) is 4. The number of nitrogens with zero attached hydrogens (tertiary/aromatic N) is 1. The van der Waals surface area contributed by atoms with Crippen LogP contribution in [0.4, 0.5) is 5.69 Å². The molecular weight excluding hydrogens is 340 g/mol. The van der Waals surface area contributed by atoms with Gasteiger partial charge in [0.05, 0.1) is 18.1 Å². The summed E-state index contributed by atoms with van der Waals surface area (Å²) in [6, 6.07) is 24.7. The lowest BCUT2D eigenvalue weighted by Crippen LogP contribution is -2.24. The van der Waals surface area contributed by atoms with E-state index in [1.54, 1.807) is 19.2 Å². The molecule has 1 N–H and O–H groups in total. The van der Waals surface area contributed by atoms with Gasteiger partial charge >= 0.3 is 0 Å². The summed E-state index contributed by atoms with van der Waals surface area (Å²) in [6.07, 6.45) is 0.877. The van der Waals surface area contributed by atoms with E-state index in [2.05, 4.69) is 17.4 Å². The number of benzene rings is 3. The number of nitrogens with one attached hydrogen (secondary N) is 1. The zero-order chi connectivity index (χ0) is 19.1. The number of rotatable bonds is 8. The fourth-order valence-electron chi connectivity index (χ4n) is 3.05. The van der Waals surface area contributed by atoms with E-state index in [0.717, 1.165) is 29.8 Å². The third-order valence-corrected chi connectivity index (χ3v) is 4.47. The van der Waals surface area contributed by atoms with E-state index in [1.807, 2.05) is 48.5 Å². The number of nitro groups is 1. The third kappa shape index (κ3) is 4.92. The molecule has 138 valence electrons. The SMILES string of the molecule is COc1ccc(C(NCCc2ccccc2)c2cccc([N+](=O)[O-])c2)cc1. The zero-order valence-electron chi connectivity index (χ0n) is 15.2. The molecule has 0 aromatic heterocycles. The van der Waals surface area contributed by atoms with Crippen molar-refractivity contribution in [2.45, 2.75) is 12.5 Å². The van der Waals surface area contributed by atoms with Crippen LogP contribution in [0.25, 0.3) is 0 Å². The van der Waals surface area contributed by atoms with Gasteiger partial charge in [-0.3, -0.25) is 10.1 Å². The van der Waals surface area contributed by atoms with Gasteiger partial charge in [0.25, 0.3) is 5.69 Å². The predicted molar refractivity (Wildman–Crippen MR) is 106 cm³/mol. The quantitative estimate of drug-likeness (QED) is 0.472.